The van der Waals surface area contributed by atoms with Crippen LogP contribution in [0.15, 0.2) is 65.6 Å². The number of nitrogens with one attached hydrogen (secondary N) is 1. The molecule has 0 bridgehead atoms. The van der Waals surface area contributed by atoms with Gasteiger partial charge in [-0.1, -0.05) is 81.1 Å². The maximum absolute atomic E-state index is 13.3. The largest absolute Gasteiger partial charge is 0.350 e. The Morgan fingerprint density at radius 2 is 1.61 bits per heavy atom. The molecule has 4 heteroatoms. The molecule has 0 saturated heterocycles. The van der Waals surface area contributed by atoms with Crippen molar-refractivity contribution in [3.63, 3.8) is 0 Å². The van der Waals surface area contributed by atoms with Gasteiger partial charge in [-0.05, 0) is 44.9 Å². The minimum atomic E-state index is -0.226. The average molecular weight is 441 g/mol. The maximum atomic E-state index is 13.3. The molecule has 0 aliphatic heterocycles. The fourth-order valence-electron chi connectivity index (χ4n) is 3.66. The molecule has 2 rings (SSSR count). The van der Waals surface area contributed by atoms with Gasteiger partial charge in [-0.2, -0.15) is 0 Å². The predicted octanol–water partition coefficient (Wildman–Crippen LogP) is 6.53. The van der Waals surface area contributed by atoms with Crippen LogP contribution in [0, 0.1) is 0 Å². The lowest BCUT2D eigenvalue weighted by molar-refractivity contribution is -0.128. The molecular weight excluding hydrogens is 400 g/mol. The number of amides is 1. The highest BCUT2D eigenvalue weighted by atomic mass is 32.2. The highest BCUT2D eigenvalue weighted by Gasteiger charge is 2.28. The minimum Gasteiger partial charge on any atom is -0.350 e. The van der Waals surface area contributed by atoms with Crippen molar-refractivity contribution in [1.29, 1.82) is 0 Å². The summed E-state index contributed by atoms with van der Waals surface area (Å²) in [6, 6.07) is 20.9. The van der Waals surface area contributed by atoms with Gasteiger partial charge in [0.1, 0.15) is 0 Å². The van der Waals surface area contributed by atoms with Crippen LogP contribution in [0.25, 0.3) is 0 Å². The quantitative estimate of drug-likeness (QED) is 0.284. The molecule has 3 nitrogen and oxygen atoms in total. The van der Waals surface area contributed by atoms with Crippen molar-refractivity contribution in [2.45, 2.75) is 82.8 Å². The summed E-state index contributed by atoms with van der Waals surface area (Å²) in [4.78, 5) is 17.0. The number of rotatable bonds is 13. The standard InChI is InChI=1S/C27H40N2OS/c1-5-6-7-14-19-25(26(30)28-27(2,3)4)29(22-23-15-10-8-11-16-23)20-21-31-24-17-12-9-13-18-24/h8-13,15-18,25H,5-7,14,19-22H2,1-4H3,(H,28,30). The van der Waals surface area contributed by atoms with Crippen LogP contribution >= 0.6 is 11.8 Å². The number of hydrogen-bond donors (Lipinski definition) is 1. The first-order valence-electron chi connectivity index (χ1n) is 11.7. The molecule has 1 amide bonds. The molecule has 0 aliphatic rings. The first kappa shape index (κ1) is 25.5. The number of carbonyl (C=O) groups excluding carboxylic acids is 1. The van der Waals surface area contributed by atoms with E-state index in [1.54, 1.807) is 0 Å². The van der Waals surface area contributed by atoms with Crippen molar-refractivity contribution in [3.8, 4) is 0 Å². The minimum absolute atomic E-state index is 0.104. The second-order valence-electron chi connectivity index (χ2n) is 9.22. The molecule has 0 heterocycles. The summed E-state index contributed by atoms with van der Waals surface area (Å²) in [6.45, 7) is 10.1. The highest BCUT2D eigenvalue weighted by molar-refractivity contribution is 7.99. The summed E-state index contributed by atoms with van der Waals surface area (Å²) in [6.07, 6.45) is 5.63. The average Bonchev–Trinajstić information content (AvgIpc) is 2.73. The molecule has 0 aliphatic carbocycles. The molecule has 1 N–H and O–H groups in total. The van der Waals surface area contributed by atoms with E-state index in [1.165, 1.54) is 29.7 Å². The fourth-order valence-corrected chi connectivity index (χ4v) is 4.57. The van der Waals surface area contributed by atoms with E-state index in [0.717, 1.165) is 31.7 Å². The lowest BCUT2D eigenvalue weighted by atomic mass is 10.0. The Labute approximate surface area is 194 Å². The number of thioether (sulfide) groups is 1. The highest BCUT2D eigenvalue weighted by Crippen LogP contribution is 2.21. The summed E-state index contributed by atoms with van der Waals surface area (Å²) >= 11 is 1.86. The van der Waals surface area contributed by atoms with E-state index in [9.17, 15) is 4.79 Å². The van der Waals surface area contributed by atoms with Crippen molar-refractivity contribution in [2.24, 2.45) is 0 Å². The van der Waals surface area contributed by atoms with Crippen molar-refractivity contribution < 1.29 is 4.79 Å². The van der Waals surface area contributed by atoms with Gasteiger partial charge in [0.25, 0.3) is 0 Å². The molecular formula is C27H40N2OS. The SMILES string of the molecule is CCCCCCC(C(=O)NC(C)(C)C)N(CCSc1ccccc1)Cc1ccccc1. The van der Waals surface area contributed by atoms with Gasteiger partial charge in [0, 0.05) is 29.3 Å². The molecule has 0 radical (unpaired) electrons. The Kier molecular flexibility index (Phi) is 11.2. The molecule has 1 unspecified atom stereocenters. The fraction of sp³-hybridized carbons (Fsp3) is 0.519. The third kappa shape index (κ3) is 10.4. The van der Waals surface area contributed by atoms with Gasteiger partial charge in [0.2, 0.25) is 5.91 Å². The zero-order valence-electron chi connectivity index (χ0n) is 19.8. The van der Waals surface area contributed by atoms with Crippen LogP contribution in [0.4, 0.5) is 0 Å². The van der Waals surface area contributed by atoms with Crippen molar-refractivity contribution >= 4 is 17.7 Å². The summed E-state index contributed by atoms with van der Waals surface area (Å²) < 4.78 is 0. The van der Waals surface area contributed by atoms with Gasteiger partial charge in [0.15, 0.2) is 0 Å². The molecule has 1 atom stereocenters. The number of carbonyl (C=O) groups is 1. The van der Waals surface area contributed by atoms with Gasteiger partial charge in [-0.3, -0.25) is 9.69 Å². The lowest BCUT2D eigenvalue weighted by Gasteiger charge is -2.33. The number of nitrogens with zero attached hydrogens (tertiary/aromatic N) is 1. The van der Waals surface area contributed by atoms with Crippen LogP contribution in [0.3, 0.4) is 0 Å². The van der Waals surface area contributed by atoms with E-state index < -0.39 is 0 Å². The molecule has 0 fully saturated rings. The van der Waals surface area contributed by atoms with E-state index >= 15 is 0 Å². The van der Waals surface area contributed by atoms with Gasteiger partial charge in [-0.25, -0.2) is 0 Å². The van der Waals surface area contributed by atoms with Crippen LogP contribution in [0.1, 0.15) is 65.4 Å². The van der Waals surface area contributed by atoms with E-state index in [0.29, 0.717) is 0 Å². The summed E-state index contributed by atoms with van der Waals surface area (Å²) in [7, 11) is 0. The first-order chi connectivity index (χ1) is 14.9. The lowest BCUT2D eigenvalue weighted by Crippen LogP contribution is -2.52. The molecule has 2 aromatic rings. The second-order valence-corrected chi connectivity index (χ2v) is 10.4. The second kappa shape index (κ2) is 13.6. The predicted molar refractivity (Wildman–Crippen MR) is 134 cm³/mol. The van der Waals surface area contributed by atoms with Gasteiger partial charge in [0.05, 0.1) is 6.04 Å². The van der Waals surface area contributed by atoms with Gasteiger partial charge in [-0.15, -0.1) is 11.8 Å². The Bertz CT molecular complexity index is 743. The van der Waals surface area contributed by atoms with Crippen LogP contribution < -0.4 is 5.32 Å². The monoisotopic (exact) mass is 440 g/mol. The van der Waals surface area contributed by atoms with Crippen LogP contribution in [0.5, 0.6) is 0 Å². The van der Waals surface area contributed by atoms with E-state index in [2.05, 4.69) is 92.5 Å². The smallest absolute Gasteiger partial charge is 0.237 e. The summed E-state index contributed by atoms with van der Waals surface area (Å²) in [5.74, 6) is 1.12. The zero-order chi connectivity index (χ0) is 22.5. The zero-order valence-corrected chi connectivity index (χ0v) is 20.6. The Balaban J connectivity index is 2.14. The number of benzene rings is 2. The van der Waals surface area contributed by atoms with Crippen molar-refractivity contribution in [3.05, 3.63) is 66.2 Å². The van der Waals surface area contributed by atoms with E-state index in [1.807, 2.05) is 17.8 Å². The van der Waals surface area contributed by atoms with E-state index in [-0.39, 0.29) is 17.5 Å². The number of hydrogen-bond acceptors (Lipinski definition) is 3. The van der Waals surface area contributed by atoms with Crippen molar-refractivity contribution in [1.82, 2.24) is 10.2 Å². The van der Waals surface area contributed by atoms with Crippen molar-refractivity contribution in [2.75, 3.05) is 12.3 Å². The topological polar surface area (TPSA) is 32.3 Å². The molecule has 0 saturated carbocycles. The van der Waals surface area contributed by atoms with Crippen LogP contribution in [-0.4, -0.2) is 34.7 Å². The van der Waals surface area contributed by atoms with Crippen LogP contribution in [-0.2, 0) is 11.3 Å². The first-order valence-corrected chi connectivity index (χ1v) is 12.7. The third-order valence-corrected chi connectivity index (χ3v) is 6.18. The summed E-state index contributed by atoms with van der Waals surface area (Å²) in [5, 5.41) is 3.25. The normalized spacial score (nSPS) is 12.7. The summed E-state index contributed by atoms with van der Waals surface area (Å²) in [5.41, 5.74) is 1.03. The Hall–Kier alpha value is -1.78. The van der Waals surface area contributed by atoms with Gasteiger partial charge < -0.3 is 5.32 Å². The number of unbranched alkanes of at least 4 members (excludes halogenated alkanes) is 3. The Morgan fingerprint density at radius 3 is 2.23 bits per heavy atom. The third-order valence-electron chi connectivity index (χ3n) is 5.19. The molecule has 2 aromatic carbocycles. The van der Waals surface area contributed by atoms with E-state index in [4.69, 9.17) is 0 Å². The Morgan fingerprint density at radius 1 is 0.968 bits per heavy atom. The maximum Gasteiger partial charge on any atom is 0.237 e. The molecule has 31 heavy (non-hydrogen) atoms. The molecule has 170 valence electrons. The molecule has 0 aromatic heterocycles. The molecule has 0 spiro atoms. The van der Waals surface area contributed by atoms with Gasteiger partial charge >= 0.3 is 0 Å². The van der Waals surface area contributed by atoms with Crippen LogP contribution in [0.2, 0.25) is 0 Å².